The van der Waals surface area contributed by atoms with Gasteiger partial charge in [-0.1, -0.05) is 0 Å². The zero-order valence-electron chi connectivity index (χ0n) is 6.21. The highest BCUT2D eigenvalue weighted by molar-refractivity contribution is 5.74. The topological polar surface area (TPSA) is 117 Å². The van der Waals surface area contributed by atoms with Crippen LogP contribution in [0.5, 0.6) is 0 Å². The Kier molecular flexibility index (Phi) is 5.44. The van der Waals surface area contributed by atoms with E-state index in [-0.39, 0.29) is 12.6 Å². The van der Waals surface area contributed by atoms with Gasteiger partial charge in [-0.15, -0.1) is 0 Å². The average Bonchev–Trinajstić information content (AvgIpc) is 1.97. The van der Waals surface area contributed by atoms with E-state index in [0.29, 0.717) is 13.2 Å². The minimum atomic E-state index is -0.629. The van der Waals surface area contributed by atoms with Gasteiger partial charge < -0.3 is 26.6 Å². The van der Waals surface area contributed by atoms with Gasteiger partial charge in [0.1, 0.15) is 0 Å². The number of aliphatic hydroxyl groups excluding tert-OH is 1. The van der Waals surface area contributed by atoms with Crippen molar-refractivity contribution in [1.82, 2.24) is 5.32 Å². The van der Waals surface area contributed by atoms with Gasteiger partial charge in [-0.25, -0.2) is 0 Å². The molecule has 6 heteroatoms. The Morgan fingerprint density at radius 3 is 2.73 bits per heavy atom. The number of rotatable bonds is 5. The second kappa shape index (κ2) is 5.90. The molecule has 6 nitrogen and oxygen atoms in total. The van der Waals surface area contributed by atoms with E-state index in [9.17, 15) is 0 Å². The summed E-state index contributed by atoms with van der Waals surface area (Å²) in [6.07, 6.45) is -0.629. The molecule has 0 aliphatic heterocycles. The van der Waals surface area contributed by atoms with Crippen LogP contribution in [-0.2, 0) is 4.74 Å². The SMILES string of the molecule is N=C(N)NC(CO)OCCN. The van der Waals surface area contributed by atoms with Gasteiger partial charge in [0.2, 0.25) is 0 Å². The molecule has 1 unspecified atom stereocenters. The van der Waals surface area contributed by atoms with E-state index in [1.807, 2.05) is 0 Å². The summed E-state index contributed by atoms with van der Waals surface area (Å²) in [6, 6.07) is 0. The number of hydrogen-bond acceptors (Lipinski definition) is 4. The van der Waals surface area contributed by atoms with Crippen LogP contribution in [-0.4, -0.2) is 37.1 Å². The number of guanidine groups is 1. The highest BCUT2D eigenvalue weighted by Gasteiger charge is 2.05. The molecule has 1 atom stereocenters. The standard InChI is InChI=1S/C5H14N4O2/c6-1-2-11-4(3-10)9-5(7)8/h4,10H,1-3,6H2,(H4,7,8,9). The molecule has 0 saturated heterocycles. The second-order valence-electron chi connectivity index (χ2n) is 1.89. The van der Waals surface area contributed by atoms with Gasteiger partial charge in [-0.3, -0.25) is 5.41 Å². The third-order valence-corrected chi connectivity index (χ3v) is 0.919. The van der Waals surface area contributed by atoms with Crippen molar-refractivity contribution in [3.05, 3.63) is 0 Å². The first-order chi connectivity index (χ1) is 5.20. The summed E-state index contributed by atoms with van der Waals surface area (Å²) in [5.74, 6) is -0.235. The monoisotopic (exact) mass is 162 g/mol. The molecule has 0 aliphatic carbocycles. The summed E-state index contributed by atoms with van der Waals surface area (Å²) in [5.41, 5.74) is 10.1. The Morgan fingerprint density at radius 2 is 2.36 bits per heavy atom. The zero-order chi connectivity index (χ0) is 8.69. The van der Waals surface area contributed by atoms with Crippen LogP contribution in [0, 0.1) is 5.41 Å². The highest BCUT2D eigenvalue weighted by Crippen LogP contribution is 1.83. The number of ether oxygens (including phenoxy) is 1. The van der Waals surface area contributed by atoms with Crippen molar-refractivity contribution in [3.8, 4) is 0 Å². The molecule has 7 N–H and O–H groups in total. The summed E-state index contributed by atoms with van der Waals surface area (Å²) < 4.78 is 4.94. The Hall–Kier alpha value is -0.850. The van der Waals surface area contributed by atoms with E-state index in [2.05, 4.69) is 5.32 Å². The second-order valence-corrected chi connectivity index (χ2v) is 1.89. The molecule has 0 aromatic heterocycles. The van der Waals surface area contributed by atoms with Crippen LogP contribution in [0.3, 0.4) is 0 Å². The summed E-state index contributed by atoms with van der Waals surface area (Å²) in [5, 5.41) is 17.8. The molecule has 0 bridgehead atoms. The third-order valence-electron chi connectivity index (χ3n) is 0.919. The Labute approximate surface area is 65.0 Å². The van der Waals surface area contributed by atoms with Crippen molar-refractivity contribution >= 4 is 5.96 Å². The minimum absolute atomic E-state index is 0.235. The number of hydrogen-bond donors (Lipinski definition) is 5. The minimum Gasteiger partial charge on any atom is -0.392 e. The van der Waals surface area contributed by atoms with Crippen LogP contribution >= 0.6 is 0 Å². The molecule has 0 aromatic rings. The van der Waals surface area contributed by atoms with E-state index in [0.717, 1.165) is 0 Å². The maximum atomic E-state index is 8.62. The van der Waals surface area contributed by atoms with Gasteiger partial charge in [0, 0.05) is 6.54 Å². The van der Waals surface area contributed by atoms with Gasteiger partial charge in [0.15, 0.2) is 12.2 Å². The Morgan fingerprint density at radius 1 is 1.73 bits per heavy atom. The predicted octanol–water partition coefficient (Wildman–Crippen LogP) is -2.24. The number of aliphatic hydroxyl groups is 1. The number of nitrogens with two attached hydrogens (primary N) is 2. The van der Waals surface area contributed by atoms with E-state index in [1.54, 1.807) is 0 Å². The smallest absolute Gasteiger partial charge is 0.187 e. The quantitative estimate of drug-likeness (QED) is 0.178. The lowest BCUT2D eigenvalue weighted by Gasteiger charge is -2.15. The molecule has 0 aromatic carbocycles. The molecule has 0 radical (unpaired) electrons. The molecule has 11 heavy (non-hydrogen) atoms. The molecular formula is C5H14N4O2. The van der Waals surface area contributed by atoms with Gasteiger partial charge in [-0.05, 0) is 0 Å². The van der Waals surface area contributed by atoms with Crippen molar-refractivity contribution in [3.63, 3.8) is 0 Å². The molecule has 0 aliphatic rings. The van der Waals surface area contributed by atoms with Crippen LogP contribution in [0.1, 0.15) is 0 Å². The molecule has 0 fully saturated rings. The number of nitrogens with one attached hydrogen (secondary N) is 2. The van der Waals surface area contributed by atoms with E-state index in [1.165, 1.54) is 0 Å². The van der Waals surface area contributed by atoms with Gasteiger partial charge in [0.05, 0.1) is 13.2 Å². The van der Waals surface area contributed by atoms with E-state index >= 15 is 0 Å². The van der Waals surface area contributed by atoms with Crippen LogP contribution in [0.25, 0.3) is 0 Å². The Bertz CT molecular complexity index is 119. The summed E-state index contributed by atoms with van der Waals surface area (Å²) in [7, 11) is 0. The van der Waals surface area contributed by atoms with Crippen LogP contribution in [0.4, 0.5) is 0 Å². The van der Waals surface area contributed by atoms with Crippen molar-refractivity contribution in [2.24, 2.45) is 11.5 Å². The average molecular weight is 162 g/mol. The fourth-order valence-corrected chi connectivity index (χ4v) is 0.524. The lowest BCUT2D eigenvalue weighted by Crippen LogP contribution is -2.43. The molecule has 0 spiro atoms. The summed E-state index contributed by atoms with van der Waals surface area (Å²) >= 11 is 0. The Balaban J connectivity index is 3.49. The van der Waals surface area contributed by atoms with Crippen molar-refractivity contribution in [1.29, 1.82) is 5.41 Å². The maximum Gasteiger partial charge on any atom is 0.187 e. The van der Waals surface area contributed by atoms with Crippen LogP contribution in [0.2, 0.25) is 0 Å². The summed E-state index contributed by atoms with van der Waals surface area (Å²) in [4.78, 5) is 0. The normalized spacial score (nSPS) is 12.5. The summed E-state index contributed by atoms with van der Waals surface area (Å²) in [6.45, 7) is 0.459. The fourth-order valence-electron chi connectivity index (χ4n) is 0.524. The van der Waals surface area contributed by atoms with E-state index in [4.69, 9.17) is 26.7 Å². The van der Waals surface area contributed by atoms with Gasteiger partial charge >= 0.3 is 0 Å². The van der Waals surface area contributed by atoms with Crippen LogP contribution < -0.4 is 16.8 Å². The van der Waals surface area contributed by atoms with Gasteiger partial charge in [-0.2, -0.15) is 0 Å². The first-order valence-electron chi connectivity index (χ1n) is 3.23. The molecule has 0 amide bonds. The fraction of sp³-hybridized carbons (Fsp3) is 0.800. The molecular weight excluding hydrogens is 148 g/mol. The largest absolute Gasteiger partial charge is 0.392 e. The van der Waals surface area contributed by atoms with Crippen molar-refractivity contribution in [2.45, 2.75) is 6.23 Å². The molecule has 0 saturated carbocycles. The molecule has 0 heterocycles. The molecule has 66 valence electrons. The zero-order valence-corrected chi connectivity index (χ0v) is 6.21. The third kappa shape index (κ3) is 5.59. The van der Waals surface area contributed by atoms with Gasteiger partial charge in [0.25, 0.3) is 0 Å². The molecule has 0 rings (SSSR count). The van der Waals surface area contributed by atoms with Crippen LogP contribution in [0.15, 0.2) is 0 Å². The van der Waals surface area contributed by atoms with Crippen molar-refractivity contribution < 1.29 is 9.84 Å². The first-order valence-corrected chi connectivity index (χ1v) is 3.23. The predicted molar refractivity (Wildman–Crippen MR) is 40.9 cm³/mol. The lowest BCUT2D eigenvalue weighted by atomic mass is 10.6. The highest BCUT2D eigenvalue weighted by atomic mass is 16.5. The first kappa shape index (κ1) is 10.2. The van der Waals surface area contributed by atoms with E-state index < -0.39 is 6.23 Å². The maximum absolute atomic E-state index is 8.62. The lowest BCUT2D eigenvalue weighted by molar-refractivity contribution is 0.00772. The van der Waals surface area contributed by atoms with Crippen molar-refractivity contribution in [2.75, 3.05) is 19.8 Å².